The van der Waals surface area contributed by atoms with Gasteiger partial charge in [0.25, 0.3) is 0 Å². The van der Waals surface area contributed by atoms with Crippen LogP contribution in [0.5, 0.6) is 0 Å². The molecule has 0 aliphatic carbocycles. The van der Waals surface area contributed by atoms with Crippen molar-refractivity contribution in [3.8, 4) is 0 Å². The Labute approximate surface area is 107 Å². The molecule has 0 amide bonds. The Morgan fingerprint density at radius 1 is 1.00 bits per heavy atom. The van der Waals surface area contributed by atoms with Crippen LogP contribution in [-0.2, 0) is 6.42 Å². The standard InChI is InChI=1S/C16H18FN/c17-16-8-7-13-5-1-2-6-14(13)15(16)9-12-18-10-3-4-11-18/h1-2,5-8H,3-4,9-12H2. The maximum absolute atomic E-state index is 14.0. The van der Waals surface area contributed by atoms with E-state index >= 15 is 0 Å². The van der Waals surface area contributed by atoms with Gasteiger partial charge in [-0.1, -0.05) is 30.3 Å². The third kappa shape index (κ3) is 2.25. The molecule has 0 N–H and O–H groups in total. The van der Waals surface area contributed by atoms with Crippen molar-refractivity contribution in [2.24, 2.45) is 0 Å². The van der Waals surface area contributed by atoms with Crippen molar-refractivity contribution in [2.75, 3.05) is 19.6 Å². The summed E-state index contributed by atoms with van der Waals surface area (Å²) in [6.45, 7) is 3.32. The molecule has 2 aromatic rings. The van der Waals surface area contributed by atoms with Crippen molar-refractivity contribution in [1.29, 1.82) is 0 Å². The first kappa shape index (κ1) is 11.7. The second-order valence-corrected chi connectivity index (χ2v) is 5.05. The molecular weight excluding hydrogens is 225 g/mol. The highest BCUT2D eigenvalue weighted by atomic mass is 19.1. The number of nitrogens with zero attached hydrogens (tertiary/aromatic N) is 1. The summed E-state index contributed by atoms with van der Waals surface area (Å²) in [6.07, 6.45) is 3.39. The summed E-state index contributed by atoms with van der Waals surface area (Å²) in [4.78, 5) is 2.43. The van der Waals surface area contributed by atoms with Gasteiger partial charge in [-0.05, 0) is 54.8 Å². The minimum Gasteiger partial charge on any atom is -0.303 e. The first-order valence-electron chi connectivity index (χ1n) is 6.73. The SMILES string of the molecule is Fc1ccc2ccccc2c1CCN1CCCC1. The topological polar surface area (TPSA) is 3.24 Å². The third-order valence-corrected chi connectivity index (χ3v) is 3.86. The van der Waals surface area contributed by atoms with Gasteiger partial charge in [0.15, 0.2) is 0 Å². The van der Waals surface area contributed by atoms with E-state index in [9.17, 15) is 4.39 Å². The van der Waals surface area contributed by atoms with E-state index in [1.807, 2.05) is 30.3 Å². The quantitative estimate of drug-likeness (QED) is 0.796. The predicted octanol–water partition coefficient (Wildman–Crippen LogP) is 3.62. The maximum Gasteiger partial charge on any atom is 0.127 e. The second kappa shape index (κ2) is 5.07. The molecule has 1 nitrogen and oxygen atoms in total. The number of halogens is 1. The minimum atomic E-state index is -0.0621. The van der Waals surface area contributed by atoms with Crippen molar-refractivity contribution < 1.29 is 4.39 Å². The average Bonchev–Trinajstić information content (AvgIpc) is 2.91. The molecule has 0 spiro atoms. The monoisotopic (exact) mass is 243 g/mol. The highest BCUT2D eigenvalue weighted by Gasteiger charge is 2.13. The molecule has 0 bridgehead atoms. The zero-order chi connectivity index (χ0) is 12.4. The zero-order valence-corrected chi connectivity index (χ0v) is 10.5. The average molecular weight is 243 g/mol. The van der Waals surface area contributed by atoms with E-state index in [4.69, 9.17) is 0 Å². The molecule has 2 aromatic carbocycles. The minimum absolute atomic E-state index is 0.0621. The summed E-state index contributed by atoms with van der Waals surface area (Å²) < 4.78 is 14.0. The van der Waals surface area contributed by atoms with E-state index in [1.165, 1.54) is 25.9 Å². The summed E-state index contributed by atoms with van der Waals surface area (Å²) in [5.74, 6) is -0.0621. The predicted molar refractivity (Wildman–Crippen MR) is 73.3 cm³/mol. The summed E-state index contributed by atoms with van der Waals surface area (Å²) in [5, 5.41) is 2.20. The molecule has 0 saturated carbocycles. The van der Waals surface area contributed by atoms with Gasteiger partial charge in [-0.2, -0.15) is 0 Å². The van der Waals surface area contributed by atoms with Crippen molar-refractivity contribution >= 4 is 10.8 Å². The molecule has 94 valence electrons. The summed E-state index contributed by atoms with van der Waals surface area (Å²) in [5.41, 5.74) is 0.875. The van der Waals surface area contributed by atoms with Crippen LogP contribution in [0.2, 0.25) is 0 Å². The van der Waals surface area contributed by atoms with Crippen LogP contribution in [0, 0.1) is 5.82 Å². The number of hydrogen-bond acceptors (Lipinski definition) is 1. The molecule has 0 aromatic heterocycles. The zero-order valence-electron chi connectivity index (χ0n) is 10.5. The Morgan fingerprint density at radius 3 is 2.61 bits per heavy atom. The van der Waals surface area contributed by atoms with Crippen LogP contribution in [0.4, 0.5) is 4.39 Å². The van der Waals surface area contributed by atoms with Crippen LogP contribution < -0.4 is 0 Å². The van der Waals surface area contributed by atoms with Crippen molar-refractivity contribution in [3.63, 3.8) is 0 Å². The van der Waals surface area contributed by atoms with Crippen molar-refractivity contribution in [2.45, 2.75) is 19.3 Å². The number of fused-ring (bicyclic) bond motifs is 1. The first-order valence-corrected chi connectivity index (χ1v) is 6.73. The largest absolute Gasteiger partial charge is 0.303 e. The van der Waals surface area contributed by atoms with E-state index in [0.29, 0.717) is 0 Å². The lowest BCUT2D eigenvalue weighted by Crippen LogP contribution is -2.22. The van der Waals surface area contributed by atoms with Gasteiger partial charge in [0.1, 0.15) is 5.82 Å². The maximum atomic E-state index is 14.0. The first-order chi connectivity index (χ1) is 8.84. The van der Waals surface area contributed by atoms with E-state index < -0.39 is 0 Å². The second-order valence-electron chi connectivity index (χ2n) is 5.05. The highest BCUT2D eigenvalue weighted by molar-refractivity contribution is 5.85. The fourth-order valence-corrected chi connectivity index (χ4v) is 2.84. The van der Waals surface area contributed by atoms with Crippen LogP contribution in [0.3, 0.4) is 0 Å². The Hall–Kier alpha value is -1.41. The molecule has 0 atom stereocenters. The summed E-state index contributed by atoms with van der Waals surface area (Å²) in [6, 6.07) is 11.5. The molecule has 1 fully saturated rings. The number of likely N-dealkylation sites (tertiary alicyclic amines) is 1. The molecule has 1 heterocycles. The van der Waals surface area contributed by atoms with Crippen molar-refractivity contribution in [1.82, 2.24) is 4.90 Å². The molecular formula is C16H18FN. The number of benzene rings is 2. The molecule has 0 radical (unpaired) electrons. The Morgan fingerprint density at radius 2 is 1.78 bits per heavy atom. The van der Waals surface area contributed by atoms with Crippen LogP contribution in [0.1, 0.15) is 18.4 Å². The van der Waals surface area contributed by atoms with Gasteiger partial charge in [0, 0.05) is 6.54 Å². The fourth-order valence-electron chi connectivity index (χ4n) is 2.84. The van der Waals surface area contributed by atoms with E-state index in [0.717, 1.165) is 29.3 Å². The Bertz CT molecular complexity index is 544. The molecule has 2 heteroatoms. The van der Waals surface area contributed by atoms with Gasteiger partial charge in [-0.15, -0.1) is 0 Å². The normalized spacial score (nSPS) is 16.5. The van der Waals surface area contributed by atoms with Gasteiger partial charge in [0.2, 0.25) is 0 Å². The molecule has 1 aliphatic heterocycles. The van der Waals surface area contributed by atoms with Gasteiger partial charge < -0.3 is 4.90 Å². The highest BCUT2D eigenvalue weighted by Crippen LogP contribution is 2.22. The van der Waals surface area contributed by atoms with Crippen LogP contribution in [0.15, 0.2) is 36.4 Å². The molecule has 1 saturated heterocycles. The lowest BCUT2D eigenvalue weighted by molar-refractivity contribution is 0.342. The van der Waals surface area contributed by atoms with E-state index in [-0.39, 0.29) is 5.82 Å². The lowest BCUT2D eigenvalue weighted by atomic mass is 10.0. The molecule has 18 heavy (non-hydrogen) atoms. The number of hydrogen-bond donors (Lipinski definition) is 0. The number of rotatable bonds is 3. The van der Waals surface area contributed by atoms with Crippen LogP contribution in [0.25, 0.3) is 10.8 Å². The van der Waals surface area contributed by atoms with Crippen LogP contribution in [-0.4, -0.2) is 24.5 Å². The van der Waals surface area contributed by atoms with Crippen molar-refractivity contribution in [3.05, 3.63) is 47.8 Å². The lowest BCUT2D eigenvalue weighted by Gasteiger charge is -2.15. The third-order valence-electron chi connectivity index (χ3n) is 3.86. The Balaban J connectivity index is 1.87. The van der Waals surface area contributed by atoms with Crippen LogP contribution >= 0.6 is 0 Å². The van der Waals surface area contributed by atoms with Gasteiger partial charge >= 0.3 is 0 Å². The van der Waals surface area contributed by atoms with Gasteiger partial charge in [0.05, 0.1) is 0 Å². The van der Waals surface area contributed by atoms with E-state index in [1.54, 1.807) is 6.07 Å². The Kier molecular flexibility index (Phi) is 3.28. The molecule has 0 unspecified atom stereocenters. The van der Waals surface area contributed by atoms with Gasteiger partial charge in [-0.25, -0.2) is 4.39 Å². The van der Waals surface area contributed by atoms with E-state index in [2.05, 4.69) is 4.90 Å². The molecule has 3 rings (SSSR count). The summed E-state index contributed by atoms with van der Waals surface area (Å²) >= 11 is 0. The van der Waals surface area contributed by atoms with Gasteiger partial charge in [-0.3, -0.25) is 0 Å². The summed E-state index contributed by atoms with van der Waals surface area (Å²) in [7, 11) is 0. The smallest absolute Gasteiger partial charge is 0.127 e. The molecule has 1 aliphatic rings. The fraction of sp³-hybridized carbons (Fsp3) is 0.375.